The highest BCUT2D eigenvalue weighted by Crippen LogP contribution is 2.15. The predicted octanol–water partition coefficient (Wildman–Crippen LogP) is 5.30. The van der Waals surface area contributed by atoms with E-state index in [0.29, 0.717) is 5.54 Å². The second-order valence-corrected chi connectivity index (χ2v) is 6.04. The van der Waals surface area contributed by atoms with Gasteiger partial charge in [0, 0.05) is 5.54 Å². The highest BCUT2D eigenvalue weighted by atomic mass is 14.9. The van der Waals surface area contributed by atoms with E-state index < -0.39 is 0 Å². The molecule has 0 saturated carbocycles. The van der Waals surface area contributed by atoms with Crippen molar-refractivity contribution in [3.63, 3.8) is 0 Å². The van der Waals surface area contributed by atoms with Crippen molar-refractivity contribution in [1.82, 2.24) is 5.32 Å². The molecule has 0 heterocycles. The van der Waals surface area contributed by atoms with Gasteiger partial charge in [-0.15, -0.1) is 0 Å². The van der Waals surface area contributed by atoms with Gasteiger partial charge >= 0.3 is 0 Å². The third-order valence-electron chi connectivity index (χ3n) is 3.51. The molecule has 0 spiro atoms. The number of nitrogens with one attached hydrogen (secondary N) is 1. The van der Waals surface area contributed by atoms with Crippen molar-refractivity contribution in [3.8, 4) is 0 Å². The van der Waals surface area contributed by atoms with Crippen LogP contribution in [0.15, 0.2) is 0 Å². The first-order chi connectivity index (χ1) is 8.12. The van der Waals surface area contributed by atoms with Gasteiger partial charge in [0.25, 0.3) is 0 Å². The second kappa shape index (κ2) is 11.1. The average Bonchev–Trinajstić information content (AvgIpc) is 2.30. The van der Waals surface area contributed by atoms with Gasteiger partial charge in [0.2, 0.25) is 0 Å². The summed E-state index contributed by atoms with van der Waals surface area (Å²) in [6, 6.07) is 0. The molecule has 0 radical (unpaired) electrons. The minimum Gasteiger partial charge on any atom is -0.312 e. The monoisotopic (exact) mass is 241 g/mol. The van der Waals surface area contributed by atoms with Gasteiger partial charge in [-0.25, -0.2) is 0 Å². The molecule has 1 nitrogen and oxygen atoms in total. The fraction of sp³-hybridized carbons (Fsp3) is 1.00. The van der Waals surface area contributed by atoms with Gasteiger partial charge in [-0.05, 0) is 33.2 Å². The molecule has 0 aliphatic heterocycles. The Bertz CT molecular complexity index is 152. The molecule has 104 valence electrons. The fourth-order valence-corrected chi connectivity index (χ4v) is 2.25. The third-order valence-corrected chi connectivity index (χ3v) is 3.51. The smallest absolute Gasteiger partial charge is 0.0125 e. The van der Waals surface area contributed by atoms with Crippen LogP contribution in [-0.4, -0.2) is 12.1 Å². The number of hydrogen-bond acceptors (Lipinski definition) is 1. The van der Waals surface area contributed by atoms with E-state index in [0.717, 1.165) is 6.54 Å². The molecule has 17 heavy (non-hydrogen) atoms. The molecule has 0 aromatic rings. The lowest BCUT2D eigenvalue weighted by Crippen LogP contribution is -2.39. The van der Waals surface area contributed by atoms with Gasteiger partial charge in [0.15, 0.2) is 0 Å². The van der Waals surface area contributed by atoms with Crippen molar-refractivity contribution in [2.45, 2.75) is 97.4 Å². The molecular formula is C16H35N. The minimum atomic E-state index is 0.345. The molecule has 0 aromatic carbocycles. The SMILES string of the molecule is CCCCCCCCCCC(C)(C)NCCC. The summed E-state index contributed by atoms with van der Waals surface area (Å²) in [5.74, 6) is 0. The Balaban J connectivity index is 3.26. The lowest BCUT2D eigenvalue weighted by atomic mass is 9.96. The number of hydrogen-bond donors (Lipinski definition) is 1. The lowest BCUT2D eigenvalue weighted by Gasteiger charge is -2.26. The Morgan fingerprint density at radius 2 is 1.24 bits per heavy atom. The highest BCUT2D eigenvalue weighted by Gasteiger charge is 2.14. The first kappa shape index (κ1) is 17.0. The van der Waals surface area contributed by atoms with Gasteiger partial charge in [-0.2, -0.15) is 0 Å². The molecule has 1 heteroatoms. The molecular weight excluding hydrogens is 206 g/mol. The van der Waals surface area contributed by atoms with Crippen LogP contribution in [0.3, 0.4) is 0 Å². The molecule has 0 aliphatic rings. The van der Waals surface area contributed by atoms with Crippen LogP contribution >= 0.6 is 0 Å². The van der Waals surface area contributed by atoms with Crippen molar-refractivity contribution < 1.29 is 0 Å². The Morgan fingerprint density at radius 3 is 1.76 bits per heavy atom. The van der Waals surface area contributed by atoms with E-state index in [1.165, 1.54) is 64.2 Å². The van der Waals surface area contributed by atoms with Gasteiger partial charge in [-0.3, -0.25) is 0 Å². The summed E-state index contributed by atoms with van der Waals surface area (Å²) in [4.78, 5) is 0. The van der Waals surface area contributed by atoms with Gasteiger partial charge < -0.3 is 5.32 Å². The molecule has 0 bridgehead atoms. The van der Waals surface area contributed by atoms with E-state index >= 15 is 0 Å². The summed E-state index contributed by atoms with van der Waals surface area (Å²) >= 11 is 0. The Morgan fingerprint density at radius 1 is 0.706 bits per heavy atom. The third kappa shape index (κ3) is 12.2. The summed E-state index contributed by atoms with van der Waals surface area (Å²) in [7, 11) is 0. The molecule has 0 amide bonds. The van der Waals surface area contributed by atoms with Crippen molar-refractivity contribution in [1.29, 1.82) is 0 Å². The summed E-state index contributed by atoms with van der Waals surface area (Å²) in [5.41, 5.74) is 0.345. The fourth-order valence-electron chi connectivity index (χ4n) is 2.25. The highest BCUT2D eigenvalue weighted by molar-refractivity contribution is 4.76. The molecule has 0 aromatic heterocycles. The standard InChI is InChI=1S/C16H35N/c1-5-7-8-9-10-11-12-13-14-16(3,4)17-15-6-2/h17H,5-15H2,1-4H3. The van der Waals surface area contributed by atoms with Crippen LogP contribution in [0.2, 0.25) is 0 Å². The van der Waals surface area contributed by atoms with E-state index in [-0.39, 0.29) is 0 Å². The van der Waals surface area contributed by atoms with Crippen LogP contribution in [0.1, 0.15) is 91.9 Å². The number of rotatable bonds is 12. The zero-order valence-corrected chi connectivity index (χ0v) is 12.8. The van der Waals surface area contributed by atoms with Crippen LogP contribution < -0.4 is 5.32 Å². The van der Waals surface area contributed by atoms with E-state index in [1.54, 1.807) is 0 Å². The largest absolute Gasteiger partial charge is 0.312 e. The average molecular weight is 241 g/mol. The van der Waals surface area contributed by atoms with Crippen molar-refractivity contribution in [2.24, 2.45) is 0 Å². The molecule has 0 saturated heterocycles. The van der Waals surface area contributed by atoms with Crippen LogP contribution in [0.4, 0.5) is 0 Å². The van der Waals surface area contributed by atoms with Gasteiger partial charge in [-0.1, -0.05) is 65.2 Å². The normalized spacial score (nSPS) is 12.0. The Kier molecular flexibility index (Phi) is 11.0. The summed E-state index contributed by atoms with van der Waals surface area (Å²) < 4.78 is 0. The molecule has 0 fully saturated rings. The summed E-state index contributed by atoms with van der Waals surface area (Å²) in [5, 5.41) is 3.63. The van der Waals surface area contributed by atoms with E-state index in [1.807, 2.05) is 0 Å². The maximum absolute atomic E-state index is 3.63. The summed E-state index contributed by atoms with van der Waals surface area (Å²) in [6.45, 7) is 10.3. The predicted molar refractivity (Wildman–Crippen MR) is 79.6 cm³/mol. The maximum Gasteiger partial charge on any atom is 0.0125 e. The van der Waals surface area contributed by atoms with E-state index in [9.17, 15) is 0 Å². The van der Waals surface area contributed by atoms with Gasteiger partial charge in [0.1, 0.15) is 0 Å². The molecule has 0 atom stereocenters. The zero-order chi connectivity index (χ0) is 13.0. The van der Waals surface area contributed by atoms with Gasteiger partial charge in [0.05, 0.1) is 0 Å². The molecule has 1 N–H and O–H groups in total. The number of unbranched alkanes of at least 4 members (excludes halogenated alkanes) is 7. The summed E-state index contributed by atoms with van der Waals surface area (Å²) in [6.07, 6.45) is 13.9. The van der Waals surface area contributed by atoms with Crippen molar-refractivity contribution >= 4 is 0 Å². The Hall–Kier alpha value is -0.0400. The van der Waals surface area contributed by atoms with Crippen LogP contribution in [-0.2, 0) is 0 Å². The maximum atomic E-state index is 3.63. The molecule has 0 unspecified atom stereocenters. The molecule has 0 aliphatic carbocycles. The second-order valence-electron chi connectivity index (χ2n) is 6.04. The van der Waals surface area contributed by atoms with E-state index in [4.69, 9.17) is 0 Å². The van der Waals surface area contributed by atoms with Crippen molar-refractivity contribution in [2.75, 3.05) is 6.54 Å². The first-order valence-corrected chi connectivity index (χ1v) is 7.87. The zero-order valence-electron chi connectivity index (χ0n) is 12.8. The van der Waals surface area contributed by atoms with E-state index in [2.05, 4.69) is 33.0 Å². The van der Waals surface area contributed by atoms with Crippen LogP contribution in [0, 0.1) is 0 Å². The van der Waals surface area contributed by atoms with Crippen LogP contribution in [0.25, 0.3) is 0 Å². The minimum absolute atomic E-state index is 0.345. The lowest BCUT2D eigenvalue weighted by molar-refractivity contribution is 0.347. The first-order valence-electron chi connectivity index (χ1n) is 7.87. The van der Waals surface area contributed by atoms with Crippen LogP contribution in [0.5, 0.6) is 0 Å². The quantitative estimate of drug-likeness (QED) is 0.457. The Labute approximate surface area is 110 Å². The topological polar surface area (TPSA) is 12.0 Å². The van der Waals surface area contributed by atoms with Crippen molar-refractivity contribution in [3.05, 3.63) is 0 Å². The molecule has 0 rings (SSSR count).